The molecule has 0 bridgehead atoms. The number of nitrogens with zero attached hydrogens (tertiary/aromatic N) is 1. The number of aliphatic carboxylic acids is 1. The van der Waals surface area contributed by atoms with Gasteiger partial charge in [0.2, 0.25) is 0 Å². The molecule has 1 atom stereocenters. The number of anilines is 1. The van der Waals surface area contributed by atoms with Crippen LogP contribution in [0.2, 0.25) is 0 Å². The first-order valence-electron chi connectivity index (χ1n) is 7.02. The highest BCUT2D eigenvalue weighted by atomic mass is 79.9. The van der Waals surface area contributed by atoms with E-state index in [0.29, 0.717) is 10.9 Å². The third-order valence-electron chi connectivity index (χ3n) is 3.17. The third-order valence-corrected chi connectivity index (χ3v) is 4.60. The molecule has 1 aromatic heterocycles. The monoisotopic (exact) mass is 425 g/mol. The van der Waals surface area contributed by atoms with Crippen molar-refractivity contribution in [1.29, 1.82) is 0 Å². The van der Waals surface area contributed by atoms with Gasteiger partial charge in [0.25, 0.3) is 0 Å². The average molecular weight is 426 g/mol. The zero-order valence-electron chi connectivity index (χ0n) is 12.8. The summed E-state index contributed by atoms with van der Waals surface area (Å²) < 4.78 is 0.865. The fourth-order valence-corrected chi connectivity index (χ4v) is 2.91. The second kappa shape index (κ2) is 9.00. The predicted molar refractivity (Wildman–Crippen MR) is 105 cm³/mol. The van der Waals surface area contributed by atoms with Crippen molar-refractivity contribution in [2.75, 3.05) is 11.6 Å². The first-order valence-corrected chi connectivity index (χ1v) is 9.45. The smallest absolute Gasteiger partial charge is 0.305 e. The van der Waals surface area contributed by atoms with Crippen molar-refractivity contribution in [3.63, 3.8) is 0 Å². The minimum absolute atomic E-state index is 0.0752. The van der Waals surface area contributed by atoms with Crippen LogP contribution in [0.15, 0.2) is 52.0 Å². The Bertz CT molecular complexity index is 708. The van der Waals surface area contributed by atoms with E-state index in [4.69, 9.17) is 17.3 Å². The minimum atomic E-state index is -0.897. The molecule has 1 aromatic carbocycles. The Balaban J connectivity index is 2.08. The molecule has 0 saturated heterocycles. The van der Waals surface area contributed by atoms with Gasteiger partial charge in [-0.05, 0) is 64.2 Å². The van der Waals surface area contributed by atoms with Crippen LogP contribution in [0.4, 0.5) is 5.82 Å². The van der Waals surface area contributed by atoms with Crippen molar-refractivity contribution < 1.29 is 9.90 Å². The van der Waals surface area contributed by atoms with Gasteiger partial charge >= 0.3 is 5.97 Å². The summed E-state index contributed by atoms with van der Waals surface area (Å²) in [7, 11) is 0. The van der Waals surface area contributed by atoms with Crippen LogP contribution in [0.25, 0.3) is 0 Å². The SMILES string of the molecule is CSc1ccc([C@@H](CC(=O)O)NC(=S)Nc2ccc(Br)cn2)cc1. The molecule has 0 saturated carbocycles. The lowest BCUT2D eigenvalue weighted by atomic mass is 10.0. The Hall–Kier alpha value is -1.64. The van der Waals surface area contributed by atoms with Crippen LogP contribution in [-0.4, -0.2) is 27.4 Å². The average Bonchev–Trinajstić information content (AvgIpc) is 2.56. The number of aromatic nitrogens is 1. The van der Waals surface area contributed by atoms with E-state index in [1.54, 1.807) is 24.0 Å². The fraction of sp³-hybridized carbons (Fsp3) is 0.188. The number of rotatable bonds is 6. The van der Waals surface area contributed by atoms with Gasteiger partial charge in [0, 0.05) is 15.6 Å². The number of hydrogen-bond acceptors (Lipinski definition) is 4. The molecule has 126 valence electrons. The van der Waals surface area contributed by atoms with Gasteiger partial charge in [-0.15, -0.1) is 11.8 Å². The predicted octanol–water partition coefficient (Wildman–Crippen LogP) is 4.07. The maximum atomic E-state index is 11.2. The van der Waals surface area contributed by atoms with Crippen LogP contribution in [0.3, 0.4) is 0 Å². The van der Waals surface area contributed by atoms with Gasteiger partial charge in [0.15, 0.2) is 5.11 Å². The normalized spacial score (nSPS) is 11.6. The van der Waals surface area contributed by atoms with E-state index in [2.05, 4.69) is 31.5 Å². The van der Waals surface area contributed by atoms with Crippen LogP contribution in [-0.2, 0) is 4.79 Å². The largest absolute Gasteiger partial charge is 0.481 e. The van der Waals surface area contributed by atoms with E-state index >= 15 is 0 Å². The number of hydrogen-bond donors (Lipinski definition) is 3. The molecule has 8 heteroatoms. The first-order chi connectivity index (χ1) is 11.5. The van der Waals surface area contributed by atoms with E-state index in [0.717, 1.165) is 14.9 Å². The number of thiocarbonyl (C=S) groups is 1. The number of pyridine rings is 1. The van der Waals surface area contributed by atoms with Crippen molar-refractivity contribution >= 4 is 56.8 Å². The highest BCUT2D eigenvalue weighted by Crippen LogP contribution is 2.21. The number of nitrogens with one attached hydrogen (secondary N) is 2. The van der Waals surface area contributed by atoms with E-state index in [1.165, 1.54) is 0 Å². The number of carboxylic acid groups (broad SMARTS) is 1. The number of halogens is 1. The molecule has 0 radical (unpaired) electrons. The quantitative estimate of drug-likeness (QED) is 0.475. The van der Waals surface area contributed by atoms with Crippen LogP contribution in [0.5, 0.6) is 0 Å². The lowest BCUT2D eigenvalue weighted by Crippen LogP contribution is -2.33. The van der Waals surface area contributed by atoms with Gasteiger partial charge in [-0.25, -0.2) is 4.98 Å². The molecule has 0 spiro atoms. The lowest BCUT2D eigenvalue weighted by molar-refractivity contribution is -0.137. The summed E-state index contributed by atoms with van der Waals surface area (Å²) in [5.74, 6) is -0.312. The van der Waals surface area contributed by atoms with Crippen molar-refractivity contribution in [3.8, 4) is 0 Å². The minimum Gasteiger partial charge on any atom is -0.481 e. The maximum Gasteiger partial charge on any atom is 0.305 e. The summed E-state index contributed by atoms with van der Waals surface area (Å²) >= 11 is 10.2. The molecule has 0 aliphatic rings. The molecule has 24 heavy (non-hydrogen) atoms. The highest BCUT2D eigenvalue weighted by Gasteiger charge is 2.17. The number of carboxylic acids is 1. The van der Waals surface area contributed by atoms with Crippen molar-refractivity contribution in [2.24, 2.45) is 0 Å². The van der Waals surface area contributed by atoms with Crippen molar-refractivity contribution in [2.45, 2.75) is 17.4 Å². The summed E-state index contributed by atoms with van der Waals surface area (Å²) in [6.45, 7) is 0. The summed E-state index contributed by atoms with van der Waals surface area (Å²) in [5.41, 5.74) is 0.864. The van der Waals surface area contributed by atoms with Gasteiger partial charge < -0.3 is 15.7 Å². The summed E-state index contributed by atoms with van der Waals surface area (Å²) in [4.78, 5) is 16.5. The van der Waals surface area contributed by atoms with E-state index in [9.17, 15) is 4.79 Å². The Morgan fingerprint density at radius 1 is 1.33 bits per heavy atom. The Kier molecular flexibility index (Phi) is 7.01. The molecule has 0 aliphatic carbocycles. The third kappa shape index (κ3) is 5.77. The molecule has 3 N–H and O–H groups in total. The molecule has 0 amide bonds. The van der Waals surface area contributed by atoms with Gasteiger partial charge in [0.1, 0.15) is 5.82 Å². The molecule has 0 fully saturated rings. The Morgan fingerprint density at radius 3 is 2.58 bits per heavy atom. The number of carbonyl (C=O) groups is 1. The second-order valence-electron chi connectivity index (χ2n) is 4.88. The van der Waals surface area contributed by atoms with Crippen molar-refractivity contribution in [3.05, 3.63) is 52.6 Å². The Labute approximate surface area is 158 Å². The lowest BCUT2D eigenvalue weighted by Gasteiger charge is -2.20. The molecular formula is C16H16BrN3O2S2. The van der Waals surface area contributed by atoms with Gasteiger partial charge in [-0.1, -0.05) is 12.1 Å². The zero-order chi connectivity index (χ0) is 17.5. The van der Waals surface area contributed by atoms with Gasteiger partial charge in [-0.3, -0.25) is 4.79 Å². The Morgan fingerprint density at radius 2 is 2.04 bits per heavy atom. The van der Waals surface area contributed by atoms with Crippen LogP contribution in [0.1, 0.15) is 18.0 Å². The summed E-state index contributed by atoms with van der Waals surface area (Å²) in [6.07, 6.45) is 3.57. The number of thioether (sulfide) groups is 1. The molecule has 2 aromatic rings. The standard InChI is InChI=1S/C16H16BrN3O2S2/c1-24-12-5-2-10(3-6-12)13(8-15(21)22)19-16(23)20-14-7-4-11(17)9-18-14/h2-7,9,13H,8H2,1H3,(H,21,22)(H2,18,19,20,23)/t13-/m1/s1. The summed E-state index contributed by atoms with van der Waals surface area (Å²) in [5, 5.41) is 15.5. The molecule has 1 heterocycles. The fourth-order valence-electron chi connectivity index (χ4n) is 2.02. The first kappa shape index (κ1) is 18.7. The van der Waals surface area contributed by atoms with E-state index in [1.807, 2.05) is 36.6 Å². The molecule has 0 unspecified atom stereocenters. The van der Waals surface area contributed by atoms with E-state index < -0.39 is 12.0 Å². The molecule has 0 aliphatic heterocycles. The van der Waals surface area contributed by atoms with Crippen LogP contribution >= 0.6 is 39.9 Å². The van der Waals surface area contributed by atoms with Crippen LogP contribution < -0.4 is 10.6 Å². The highest BCUT2D eigenvalue weighted by molar-refractivity contribution is 9.10. The van der Waals surface area contributed by atoms with Crippen molar-refractivity contribution in [1.82, 2.24) is 10.3 Å². The van der Waals surface area contributed by atoms with Crippen LogP contribution in [0, 0.1) is 0 Å². The van der Waals surface area contributed by atoms with E-state index in [-0.39, 0.29) is 6.42 Å². The van der Waals surface area contributed by atoms with Gasteiger partial charge in [-0.2, -0.15) is 0 Å². The zero-order valence-corrected chi connectivity index (χ0v) is 16.0. The van der Waals surface area contributed by atoms with Gasteiger partial charge in [0.05, 0.1) is 12.5 Å². The maximum absolute atomic E-state index is 11.2. The molecule has 5 nitrogen and oxygen atoms in total. The molecule has 2 rings (SSSR count). The molecular weight excluding hydrogens is 410 g/mol. The number of benzene rings is 1. The topological polar surface area (TPSA) is 74.2 Å². The summed E-state index contributed by atoms with van der Waals surface area (Å²) in [6, 6.07) is 10.9. The second-order valence-corrected chi connectivity index (χ2v) is 7.09.